The molecule has 1 unspecified atom stereocenters. The van der Waals surface area contributed by atoms with Crippen LogP contribution < -0.4 is 10.6 Å². The highest BCUT2D eigenvalue weighted by molar-refractivity contribution is 5.74. The lowest BCUT2D eigenvalue weighted by Crippen LogP contribution is -2.38. The van der Waals surface area contributed by atoms with E-state index in [2.05, 4.69) is 11.0 Å². The van der Waals surface area contributed by atoms with E-state index in [0.717, 1.165) is 29.9 Å². The van der Waals surface area contributed by atoms with Gasteiger partial charge >= 0.3 is 5.97 Å². The van der Waals surface area contributed by atoms with Crippen LogP contribution in [0.5, 0.6) is 0 Å². The fourth-order valence-corrected chi connectivity index (χ4v) is 2.27. The van der Waals surface area contributed by atoms with E-state index in [9.17, 15) is 4.79 Å². The summed E-state index contributed by atoms with van der Waals surface area (Å²) in [5, 5.41) is 8.94. The molecule has 1 fully saturated rings. The molecule has 19 heavy (non-hydrogen) atoms. The number of anilines is 1. The second-order valence-corrected chi connectivity index (χ2v) is 4.88. The first kappa shape index (κ1) is 13.8. The SMILES string of the molecule is Cc1ccc(CC(N)C(=O)O)c(N2CCOCC2)c1. The van der Waals surface area contributed by atoms with Gasteiger partial charge < -0.3 is 20.5 Å². The van der Waals surface area contributed by atoms with Crippen LogP contribution in [0.15, 0.2) is 18.2 Å². The molecule has 0 bridgehead atoms. The molecule has 1 heterocycles. The molecule has 104 valence electrons. The molecule has 1 aromatic rings. The molecular formula is C14H20N2O3. The molecule has 0 saturated carbocycles. The minimum absolute atomic E-state index is 0.350. The molecule has 1 aliphatic heterocycles. The molecule has 0 aromatic heterocycles. The molecule has 0 aliphatic carbocycles. The number of nitrogens with zero attached hydrogens (tertiary/aromatic N) is 1. The maximum atomic E-state index is 10.9. The lowest BCUT2D eigenvalue weighted by molar-refractivity contribution is -0.138. The summed E-state index contributed by atoms with van der Waals surface area (Å²) in [5.41, 5.74) is 8.88. The molecule has 0 spiro atoms. The van der Waals surface area contributed by atoms with Gasteiger partial charge in [0.2, 0.25) is 0 Å². The monoisotopic (exact) mass is 264 g/mol. The first-order valence-electron chi connectivity index (χ1n) is 6.48. The van der Waals surface area contributed by atoms with E-state index in [1.807, 2.05) is 19.1 Å². The number of aliphatic carboxylic acids is 1. The van der Waals surface area contributed by atoms with Crippen molar-refractivity contribution in [2.24, 2.45) is 5.73 Å². The summed E-state index contributed by atoms with van der Waals surface area (Å²) in [6.07, 6.45) is 0.350. The fraction of sp³-hybridized carbons (Fsp3) is 0.500. The number of aryl methyl sites for hydroxylation is 1. The molecule has 3 N–H and O–H groups in total. The van der Waals surface area contributed by atoms with Crippen LogP contribution in [-0.2, 0) is 16.0 Å². The van der Waals surface area contributed by atoms with Crippen molar-refractivity contribution in [1.29, 1.82) is 0 Å². The molecule has 1 saturated heterocycles. The highest BCUT2D eigenvalue weighted by atomic mass is 16.5. The molecule has 5 nitrogen and oxygen atoms in total. The quantitative estimate of drug-likeness (QED) is 0.840. The van der Waals surface area contributed by atoms with Crippen molar-refractivity contribution in [1.82, 2.24) is 0 Å². The number of rotatable bonds is 4. The Hall–Kier alpha value is -1.59. The Morgan fingerprint density at radius 1 is 1.47 bits per heavy atom. The first-order chi connectivity index (χ1) is 9.08. The van der Waals surface area contributed by atoms with Gasteiger partial charge in [-0.05, 0) is 24.1 Å². The highest BCUT2D eigenvalue weighted by Gasteiger charge is 2.19. The second kappa shape index (κ2) is 6.04. The zero-order chi connectivity index (χ0) is 13.8. The van der Waals surface area contributed by atoms with E-state index < -0.39 is 12.0 Å². The third kappa shape index (κ3) is 3.45. The number of hydrogen-bond donors (Lipinski definition) is 2. The average Bonchev–Trinajstić information content (AvgIpc) is 2.41. The Morgan fingerprint density at radius 3 is 2.79 bits per heavy atom. The van der Waals surface area contributed by atoms with Crippen LogP contribution in [0.2, 0.25) is 0 Å². The topological polar surface area (TPSA) is 75.8 Å². The van der Waals surface area contributed by atoms with E-state index in [1.165, 1.54) is 0 Å². The predicted molar refractivity (Wildman–Crippen MR) is 73.5 cm³/mol. The molecule has 2 rings (SSSR count). The fourth-order valence-electron chi connectivity index (χ4n) is 2.27. The van der Waals surface area contributed by atoms with Crippen LogP contribution in [0.4, 0.5) is 5.69 Å². The van der Waals surface area contributed by atoms with Gasteiger partial charge in [0.15, 0.2) is 0 Å². The van der Waals surface area contributed by atoms with Crippen molar-refractivity contribution < 1.29 is 14.6 Å². The number of carboxylic acids is 1. The van der Waals surface area contributed by atoms with E-state index in [1.54, 1.807) is 0 Å². The second-order valence-electron chi connectivity index (χ2n) is 4.88. The third-order valence-corrected chi connectivity index (χ3v) is 3.35. The summed E-state index contributed by atoms with van der Waals surface area (Å²) in [6.45, 7) is 5.11. The molecular weight excluding hydrogens is 244 g/mol. The molecule has 1 aromatic carbocycles. The standard InChI is InChI=1S/C14H20N2O3/c1-10-2-3-11(9-12(15)14(17)18)13(8-10)16-4-6-19-7-5-16/h2-3,8,12H,4-7,9,15H2,1H3,(H,17,18). The number of morpholine rings is 1. The van der Waals surface area contributed by atoms with Gasteiger partial charge in [0.25, 0.3) is 0 Å². The lowest BCUT2D eigenvalue weighted by atomic mass is 10.0. The minimum Gasteiger partial charge on any atom is -0.480 e. The summed E-state index contributed by atoms with van der Waals surface area (Å²) >= 11 is 0. The Labute approximate surface area is 113 Å². The van der Waals surface area contributed by atoms with Gasteiger partial charge in [0.05, 0.1) is 13.2 Å². The third-order valence-electron chi connectivity index (χ3n) is 3.35. The minimum atomic E-state index is -0.964. The van der Waals surface area contributed by atoms with E-state index >= 15 is 0 Å². The average molecular weight is 264 g/mol. The van der Waals surface area contributed by atoms with Crippen LogP contribution in [0.25, 0.3) is 0 Å². The predicted octanol–water partition coefficient (Wildman–Crippen LogP) is 0.786. The first-order valence-corrected chi connectivity index (χ1v) is 6.48. The van der Waals surface area contributed by atoms with Crippen molar-refractivity contribution in [3.05, 3.63) is 29.3 Å². The highest BCUT2D eigenvalue weighted by Crippen LogP contribution is 2.24. The van der Waals surface area contributed by atoms with E-state index in [-0.39, 0.29) is 0 Å². The largest absolute Gasteiger partial charge is 0.480 e. The summed E-state index contributed by atoms with van der Waals surface area (Å²) < 4.78 is 5.35. The Morgan fingerprint density at radius 2 is 2.16 bits per heavy atom. The molecule has 5 heteroatoms. The van der Waals surface area contributed by atoms with Gasteiger partial charge in [0, 0.05) is 25.2 Å². The van der Waals surface area contributed by atoms with Gasteiger partial charge in [-0.15, -0.1) is 0 Å². The van der Waals surface area contributed by atoms with Crippen LogP contribution >= 0.6 is 0 Å². The van der Waals surface area contributed by atoms with Gasteiger partial charge in [0.1, 0.15) is 6.04 Å². The number of ether oxygens (including phenoxy) is 1. The van der Waals surface area contributed by atoms with Crippen molar-refractivity contribution in [3.8, 4) is 0 Å². The summed E-state index contributed by atoms with van der Waals surface area (Å²) in [7, 11) is 0. The number of carbonyl (C=O) groups is 1. The maximum absolute atomic E-state index is 10.9. The van der Waals surface area contributed by atoms with Crippen molar-refractivity contribution >= 4 is 11.7 Å². The lowest BCUT2D eigenvalue weighted by Gasteiger charge is -2.31. The van der Waals surface area contributed by atoms with Crippen LogP contribution in [0.1, 0.15) is 11.1 Å². The van der Waals surface area contributed by atoms with Gasteiger partial charge in [-0.25, -0.2) is 0 Å². The summed E-state index contributed by atoms with van der Waals surface area (Å²) in [6, 6.07) is 5.20. The number of carboxylic acid groups (broad SMARTS) is 1. The van der Waals surface area contributed by atoms with Gasteiger partial charge in [-0.2, -0.15) is 0 Å². The maximum Gasteiger partial charge on any atom is 0.320 e. The summed E-state index contributed by atoms with van der Waals surface area (Å²) in [4.78, 5) is 13.1. The smallest absolute Gasteiger partial charge is 0.320 e. The Balaban J connectivity index is 2.24. The van der Waals surface area contributed by atoms with Crippen molar-refractivity contribution in [3.63, 3.8) is 0 Å². The number of nitrogens with two attached hydrogens (primary N) is 1. The number of hydrogen-bond acceptors (Lipinski definition) is 4. The van der Waals surface area contributed by atoms with Crippen LogP contribution in [0, 0.1) is 6.92 Å². The Bertz CT molecular complexity index is 456. The number of benzene rings is 1. The van der Waals surface area contributed by atoms with Crippen LogP contribution in [-0.4, -0.2) is 43.4 Å². The normalized spacial score (nSPS) is 17.3. The molecule has 1 aliphatic rings. The zero-order valence-electron chi connectivity index (χ0n) is 11.1. The van der Waals surface area contributed by atoms with Crippen molar-refractivity contribution in [2.75, 3.05) is 31.2 Å². The van der Waals surface area contributed by atoms with Gasteiger partial charge in [-0.3, -0.25) is 4.79 Å². The molecule has 1 atom stereocenters. The Kier molecular flexibility index (Phi) is 4.39. The van der Waals surface area contributed by atoms with Crippen molar-refractivity contribution in [2.45, 2.75) is 19.4 Å². The molecule has 0 amide bonds. The van der Waals surface area contributed by atoms with E-state index in [0.29, 0.717) is 19.6 Å². The van der Waals surface area contributed by atoms with Gasteiger partial charge in [-0.1, -0.05) is 12.1 Å². The van der Waals surface area contributed by atoms with Crippen LogP contribution in [0.3, 0.4) is 0 Å². The van der Waals surface area contributed by atoms with E-state index in [4.69, 9.17) is 15.6 Å². The summed E-state index contributed by atoms with van der Waals surface area (Å²) in [5.74, 6) is -0.964. The molecule has 0 radical (unpaired) electrons. The zero-order valence-corrected chi connectivity index (χ0v) is 11.1.